The van der Waals surface area contributed by atoms with E-state index < -0.39 is 0 Å². The van der Waals surface area contributed by atoms with Crippen molar-refractivity contribution in [3.05, 3.63) is 78.2 Å². The van der Waals surface area contributed by atoms with E-state index in [2.05, 4.69) is 25.1 Å². The number of benzene rings is 3. The van der Waals surface area contributed by atoms with Crippen molar-refractivity contribution in [3.63, 3.8) is 0 Å². The van der Waals surface area contributed by atoms with Crippen molar-refractivity contribution in [1.29, 1.82) is 0 Å². The Balaban J connectivity index is 1.44. The van der Waals surface area contributed by atoms with Crippen LogP contribution in [-0.4, -0.2) is 43.3 Å². The Morgan fingerprint density at radius 3 is 2.71 bits per heavy atom. The lowest BCUT2D eigenvalue weighted by Gasteiger charge is -2.07. The average molecular weight is 482 g/mol. The summed E-state index contributed by atoms with van der Waals surface area (Å²) < 4.78 is 5.71. The van der Waals surface area contributed by atoms with Gasteiger partial charge in [0.1, 0.15) is 23.2 Å². The molecule has 9 heteroatoms. The van der Waals surface area contributed by atoms with E-state index in [1.165, 1.54) is 6.20 Å². The second-order valence-electron chi connectivity index (χ2n) is 8.01. The Morgan fingerprint density at radius 2 is 1.83 bits per heavy atom. The van der Waals surface area contributed by atoms with Gasteiger partial charge in [0.2, 0.25) is 0 Å². The monoisotopic (exact) mass is 481 g/mol. The van der Waals surface area contributed by atoms with Crippen LogP contribution in [0.25, 0.3) is 55.8 Å². The van der Waals surface area contributed by atoms with E-state index in [0.717, 1.165) is 50.1 Å². The number of nitrogens with two attached hydrogens (primary N) is 1. The van der Waals surface area contributed by atoms with E-state index >= 15 is 0 Å². The van der Waals surface area contributed by atoms with E-state index in [0.29, 0.717) is 29.8 Å². The van der Waals surface area contributed by atoms with Gasteiger partial charge in [-0.2, -0.15) is 5.10 Å². The zero-order chi connectivity index (χ0) is 23.8. The summed E-state index contributed by atoms with van der Waals surface area (Å²) in [6.45, 7) is 0.932. The van der Waals surface area contributed by atoms with Gasteiger partial charge in [-0.25, -0.2) is 9.97 Å². The normalized spacial score (nSPS) is 11.4. The van der Waals surface area contributed by atoms with Crippen LogP contribution in [0.4, 0.5) is 0 Å². The minimum absolute atomic E-state index is 0.345. The maximum atomic E-state index is 6.04. The third-order valence-corrected chi connectivity index (χ3v) is 5.91. The third kappa shape index (κ3) is 3.99. The molecule has 0 radical (unpaired) electrons. The molecule has 35 heavy (non-hydrogen) atoms. The molecular formula is C26H20ClN7O. The van der Waals surface area contributed by atoms with Crippen LogP contribution >= 0.6 is 11.6 Å². The molecule has 3 aromatic carbocycles. The molecule has 0 fully saturated rings. The first-order valence-electron chi connectivity index (χ1n) is 11.1. The first-order chi connectivity index (χ1) is 17.2. The van der Waals surface area contributed by atoms with Crippen LogP contribution < -0.4 is 10.5 Å². The molecule has 172 valence electrons. The van der Waals surface area contributed by atoms with Gasteiger partial charge in [0.15, 0.2) is 5.82 Å². The molecule has 0 unspecified atom stereocenters. The number of imidazole rings is 1. The summed E-state index contributed by atoms with van der Waals surface area (Å²) in [5, 5.41) is 8.91. The second kappa shape index (κ2) is 8.83. The maximum absolute atomic E-state index is 6.04. The molecule has 8 nitrogen and oxygen atoms in total. The van der Waals surface area contributed by atoms with Crippen molar-refractivity contribution in [2.45, 2.75) is 0 Å². The van der Waals surface area contributed by atoms with Crippen molar-refractivity contribution >= 4 is 33.5 Å². The summed E-state index contributed by atoms with van der Waals surface area (Å²) in [5.74, 6) is 1.44. The highest BCUT2D eigenvalue weighted by molar-refractivity contribution is 6.29. The predicted molar refractivity (Wildman–Crippen MR) is 137 cm³/mol. The van der Waals surface area contributed by atoms with Gasteiger partial charge in [-0.3, -0.25) is 10.1 Å². The molecule has 0 atom stereocenters. The molecular weight excluding hydrogens is 462 g/mol. The van der Waals surface area contributed by atoms with Crippen LogP contribution in [0.2, 0.25) is 5.15 Å². The number of nitrogens with one attached hydrogen (secondary N) is 2. The van der Waals surface area contributed by atoms with Crippen molar-refractivity contribution in [2.24, 2.45) is 5.73 Å². The summed E-state index contributed by atoms with van der Waals surface area (Å²) in [5.41, 5.74) is 12.5. The lowest BCUT2D eigenvalue weighted by atomic mass is 10.0. The topological polar surface area (TPSA) is 118 Å². The van der Waals surface area contributed by atoms with Gasteiger partial charge >= 0.3 is 0 Å². The maximum Gasteiger partial charge on any atom is 0.159 e. The van der Waals surface area contributed by atoms with Crippen molar-refractivity contribution in [2.75, 3.05) is 13.2 Å². The summed E-state index contributed by atoms with van der Waals surface area (Å²) in [6.07, 6.45) is 3.20. The Morgan fingerprint density at radius 1 is 0.914 bits per heavy atom. The quantitative estimate of drug-likeness (QED) is 0.300. The Kier molecular flexibility index (Phi) is 5.36. The second-order valence-corrected chi connectivity index (χ2v) is 8.40. The molecule has 4 N–H and O–H groups in total. The van der Waals surface area contributed by atoms with Crippen LogP contribution in [0.15, 0.2) is 73.1 Å². The summed E-state index contributed by atoms with van der Waals surface area (Å²) >= 11 is 6.04. The molecule has 0 amide bonds. The molecule has 0 saturated heterocycles. The highest BCUT2D eigenvalue weighted by Crippen LogP contribution is 2.34. The lowest BCUT2D eigenvalue weighted by Crippen LogP contribution is -2.10. The van der Waals surface area contributed by atoms with Crippen molar-refractivity contribution < 1.29 is 4.74 Å². The number of halogens is 1. The van der Waals surface area contributed by atoms with Gasteiger partial charge in [0.05, 0.1) is 34.6 Å². The van der Waals surface area contributed by atoms with E-state index in [1.807, 2.05) is 60.7 Å². The molecule has 3 aromatic heterocycles. The fourth-order valence-corrected chi connectivity index (χ4v) is 4.29. The minimum atomic E-state index is 0.345. The zero-order valence-corrected chi connectivity index (χ0v) is 19.3. The van der Waals surface area contributed by atoms with Crippen LogP contribution in [0.5, 0.6) is 5.75 Å². The van der Waals surface area contributed by atoms with Gasteiger partial charge in [-0.05, 0) is 35.9 Å². The fourth-order valence-electron chi connectivity index (χ4n) is 4.14. The van der Waals surface area contributed by atoms with Gasteiger partial charge in [0.25, 0.3) is 0 Å². The highest BCUT2D eigenvalue weighted by Gasteiger charge is 2.16. The molecule has 0 aliphatic heterocycles. The molecule has 0 saturated carbocycles. The number of rotatable bonds is 6. The SMILES string of the molecule is NCCOc1cccc(-c2cccc3[nH]c(-c4n[nH]c5ccc(-c6cncc(Cl)n6)cc45)nc23)c1. The Bertz CT molecular complexity index is 1670. The molecule has 6 aromatic rings. The van der Waals surface area contributed by atoms with E-state index in [-0.39, 0.29) is 0 Å². The standard InChI is InChI=1S/C26H20ClN7O/c27-23-14-29-13-22(30-23)16-7-8-20-19(12-16)25(34-33-20)26-31-21-6-2-5-18(24(21)32-26)15-3-1-4-17(11-15)35-10-9-28/h1-8,11-14H,9-10,28H2,(H,31,32)(H,33,34). The van der Waals surface area contributed by atoms with Crippen molar-refractivity contribution in [1.82, 2.24) is 30.1 Å². The summed E-state index contributed by atoms with van der Waals surface area (Å²) in [4.78, 5) is 16.9. The first-order valence-corrected chi connectivity index (χ1v) is 11.5. The number of fused-ring (bicyclic) bond motifs is 2. The molecule has 0 aliphatic carbocycles. The number of H-pyrrole nitrogens is 2. The number of para-hydroxylation sites is 1. The van der Waals surface area contributed by atoms with Crippen LogP contribution in [0, 0.1) is 0 Å². The first kappa shape index (κ1) is 21.3. The highest BCUT2D eigenvalue weighted by atomic mass is 35.5. The number of aromatic amines is 2. The van der Waals surface area contributed by atoms with E-state index in [1.54, 1.807) is 6.20 Å². The van der Waals surface area contributed by atoms with Gasteiger partial charge in [-0.1, -0.05) is 41.9 Å². The average Bonchev–Trinajstić information content (AvgIpc) is 3.51. The number of hydrogen-bond donors (Lipinski definition) is 3. The zero-order valence-electron chi connectivity index (χ0n) is 18.5. The van der Waals surface area contributed by atoms with Gasteiger partial charge in [-0.15, -0.1) is 0 Å². The largest absolute Gasteiger partial charge is 0.492 e. The molecule has 0 spiro atoms. The Hall–Kier alpha value is -4.27. The van der Waals surface area contributed by atoms with E-state index in [9.17, 15) is 0 Å². The smallest absolute Gasteiger partial charge is 0.159 e. The Labute approximate surface area is 205 Å². The molecule has 0 aliphatic rings. The van der Waals surface area contributed by atoms with Gasteiger partial charge in [0, 0.05) is 23.1 Å². The molecule has 3 heterocycles. The van der Waals surface area contributed by atoms with E-state index in [4.69, 9.17) is 27.1 Å². The van der Waals surface area contributed by atoms with Gasteiger partial charge < -0.3 is 15.5 Å². The van der Waals surface area contributed by atoms with Crippen molar-refractivity contribution in [3.8, 4) is 39.7 Å². The predicted octanol–water partition coefficient (Wildman–Crippen LogP) is 5.22. The number of hydrogen-bond acceptors (Lipinski definition) is 6. The van der Waals surface area contributed by atoms with Crippen LogP contribution in [0.3, 0.4) is 0 Å². The minimum Gasteiger partial charge on any atom is -0.492 e. The third-order valence-electron chi connectivity index (χ3n) is 5.73. The molecule has 6 rings (SSSR count). The fraction of sp³-hybridized carbons (Fsp3) is 0.0769. The van der Waals surface area contributed by atoms with Crippen LogP contribution in [-0.2, 0) is 0 Å². The van der Waals surface area contributed by atoms with Crippen LogP contribution in [0.1, 0.15) is 0 Å². The summed E-state index contributed by atoms with van der Waals surface area (Å²) in [6, 6.07) is 19.9. The lowest BCUT2D eigenvalue weighted by molar-refractivity contribution is 0.328. The summed E-state index contributed by atoms with van der Waals surface area (Å²) in [7, 11) is 0. The number of nitrogens with zero attached hydrogens (tertiary/aromatic N) is 4. The molecule has 0 bridgehead atoms. The number of aromatic nitrogens is 6. The number of ether oxygens (including phenoxy) is 1.